The van der Waals surface area contributed by atoms with Crippen LogP contribution in [0.3, 0.4) is 0 Å². The summed E-state index contributed by atoms with van der Waals surface area (Å²) in [5.74, 6) is -1.00. The molecule has 1 fully saturated rings. The van der Waals surface area contributed by atoms with Crippen LogP contribution in [-0.2, 0) is 14.6 Å². The Morgan fingerprint density at radius 2 is 1.83 bits per heavy atom. The van der Waals surface area contributed by atoms with Crippen LogP contribution in [0, 0.1) is 5.82 Å². The molecule has 0 bridgehead atoms. The zero-order valence-electron chi connectivity index (χ0n) is 15.8. The highest BCUT2D eigenvalue weighted by Gasteiger charge is 2.39. The zero-order chi connectivity index (χ0) is 21.1. The van der Waals surface area contributed by atoms with E-state index >= 15 is 0 Å². The molecule has 0 aromatic heterocycles. The fraction of sp³-hybridized carbons (Fsp3) is 0.300. The molecular weight excluding hydrogens is 415 g/mol. The maximum absolute atomic E-state index is 12.9. The van der Waals surface area contributed by atoms with Gasteiger partial charge in [0.2, 0.25) is 5.91 Å². The molecule has 3 rings (SSSR count). The van der Waals surface area contributed by atoms with Crippen molar-refractivity contribution >= 4 is 39.1 Å². The third-order valence-corrected chi connectivity index (χ3v) is 7.51. The fourth-order valence-corrected chi connectivity index (χ4v) is 6.05. The van der Waals surface area contributed by atoms with E-state index in [1.165, 1.54) is 36.0 Å². The maximum atomic E-state index is 12.9. The van der Waals surface area contributed by atoms with Crippen molar-refractivity contribution in [1.29, 1.82) is 0 Å². The molecule has 1 saturated heterocycles. The molecule has 1 atom stereocenters. The van der Waals surface area contributed by atoms with Crippen LogP contribution >= 0.6 is 11.8 Å². The average Bonchev–Trinajstić information content (AvgIpc) is 2.94. The molecule has 1 aliphatic rings. The zero-order valence-corrected chi connectivity index (χ0v) is 17.4. The van der Waals surface area contributed by atoms with Crippen molar-refractivity contribution in [3.05, 3.63) is 59.9 Å². The molecule has 0 aliphatic carbocycles. The highest BCUT2D eigenvalue weighted by Crippen LogP contribution is 2.26. The lowest BCUT2D eigenvalue weighted by molar-refractivity contribution is -0.113. The lowest BCUT2D eigenvalue weighted by Gasteiger charge is -2.24. The summed E-state index contributed by atoms with van der Waals surface area (Å²) in [4.78, 5) is 25.5. The summed E-state index contributed by atoms with van der Waals surface area (Å²) in [6.07, 6.45) is 0.371. The molecule has 1 heterocycles. The predicted octanol–water partition coefficient (Wildman–Crippen LogP) is 2.86. The Labute approximate surface area is 173 Å². The van der Waals surface area contributed by atoms with Crippen LogP contribution in [0.15, 0.2) is 53.4 Å². The summed E-state index contributed by atoms with van der Waals surface area (Å²) in [6, 6.07) is 12.3. The largest absolute Gasteiger partial charge is 0.346 e. The number of anilines is 1. The lowest BCUT2D eigenvalue weighted by atomic mass is 10.0. The molecule has 154 valence electrons. The van der Waals surface area contributed by atoms with E-state index in [-0.39, 0.29) is 34.9 Å². The molecule has 9 heteroatoms. The van der Waals surface area contributed by atoms with Crippen molar-refractivity contribution in [2.75, 3.05) is 22.6 Å². The number of amides is 2. The highest BCUT2D eigenvalue weighted by molar-refractivity contribution is 8.00. The van der Waals surface area contributed by atoms with Gasteiger partial charge in [0.25, 0.3) is 5.91 Å². The quantitative estimate of drug-likeness (QED) is 0.680. The molecule has 2 amide bonds. The van der Waals surface area contributed by atoms with E-state index in [0.29, 0.717) is 22.6 Å². The second kappa shape index (κ2) is 8.54. The molecule has 1 aliphatic heterocycles. The van der Waals surface area contributed by atoms with E-state index in [1.54, 1.807) is 31.2 Å². The second-order valence-electron chi connectivity index (χ2n) is 7.20. The van der Waals surface area contributed by atoms with Gasteiger partial charge in [-0.05, 0) is 49.7 Å². The number of benzene rings is 2. The topological polar surface area (TPSA) is 92.3 Å². The van der Waals surface area contributed by atoms with Crippen molar-refractivity contribution in [2.24, 2.45) is 0 Å². The van der Waals surface area contributed by atoms with Gasteiger partial charge in [-0.3, -0.25) is 9.59 Å². The standard InChI is InChI=1S/C20H21FN2O4S2/c1-20(10-11-29(26,27)13-20)23-19(25)16-4-2-3-5-17(16)28-12-18(24)22-15-8-6-14(21)7-9-15/h2-9H,10-13H2,1H3,(H,22,24)(H,23,25)/t20-/m1/s1. The molecule has 2 aromatic carbocycles. The van der Waals surface area contributed by atoms with Crippen LogP contribution in [0.2, 0.25) is 0 Å². The van der Waals surface area contributed by atoms with Gasteiger partial charge >= 0.3 is 0 Å². The number of hydrogen-bond donors (Lipinski definition) is 2. The van der Waals surface area contributed by atoms with Gasteiger partial charge in [0.1, 0.15) is 5.82 Å². The lowest BCUT2D eigenvalue weighted by Crippen LogP contribution is -2.47. The molecule has 2 N–H and O–H groups in total. The second-order valence-corrected chi connectivity index (χ2v) is 10.4. The van der Waals surface area contributed by atoms with Crippen LogP contribution in [0.1, 0.15) is 23.7 Å². The smallest absolute Gasteiger partial charge is 0.252 e. The van der Waals surface area contributed by atoms with Gasteiger partial charge in [0.05, 0.1) is 28.4 Å². The van der Waals surface area contributed by atoms with E-state index in [9.17, 15) is 22.4 Å². The first-order valence-corrected chi connectivity index (χ1v) is 11.8. The first-order valence-electron chi connectivity index (χ1n) is 8.96. The Morgan fingerprint density at radius 3 is 2.48 bits per heavy atom. The number of carbonyl (C=O) groups excluding carboxylic acids is 2. The van der Waals surface area contributed by atoms with Crippen molar-refractivity contribution in [3.63, 3.8) is 0 Å². The van der Waals surface area contributed by atoms with Crippen molar-refractivity contribution in [1.82, 2.24) is 5.32 Å². The summed E-state index contributed by atoms with van der Waals surface area (Å²) >= 11 is 1.20. The van der Waals surface area contributed by atoms with Gasteiger partial charge in [-0.25, -0.2) is 12.8 Å². The van der Waals surface area contributed by atoms with Gasteiger partial charge < -0.3 is 10.6 Å². The van der Waals surface area contributed by atoms with Gasteiger partial charge in [0, 0.05) is 10.6 Å². The Morgan fingerprint density at radius 1 is 1.14 bits per heavy atom. The van der Waals surface area contributed by atoms with Crippen molar-refractivity contribution in [3.8, 4) is 0 Å². The van der Waals surface area contributed by atoms with E-state index < -0.39 is 15.4 Å². The molecule has 29 heavy (non-hydrogen) atoms. The van der Waals surface area contributed by atoms with Gasteiger partial charge in [0.15, 0.2) is 9.84 Å². The van der Waals surface area contributed by atoms with Crippen molar-refractivity contribution < 1.29 is 22.4 Å². The molecule has 2 aromatic rings. The summed E-state index contributed by atoms with van der Waals surface area (Å²) in [5.41, 5.74) is 0.0733. The van der Waals surface area contributed by atoms with E-state index in [4.69, 9.17) is 0 Å². The number of carbonyl (C=O) groups is 2. The fourth-order valence-electron chi connectivity index (χ4n) is 3.10. The van der Waals surface area contributed by atoms with Crippen LogP contribution in [0.25, 0.3) is 0 Å². The monoisotopic (exact) mass is 436 g/mol. The normalized spacial score (nSPS) is 20.2. The molecule has 0 spiro atoms. The Bertz CT molecular complexity index is 1030. The maximum Gasteiger partial charge on any atom is 0.252 e. The van der Waals surface area contributed by atoms with Crippen LogP contribution in [0.4, 0.5) is 10.1 Å². The molecule has 6 nitrogen and oxygen atoms in total. The SMILES string of the molecule is C[C@@]1(NC(=O)c2ccccc2SCC(=O)Nc2ccc(F)cc2)CCS(=O)(=O)C1. The minimum absolute atomic E-state index is 0.0593. The average molecular weight is 437 g/mol. The predicted molar refractivity (Wildman–Crippen MR) is 111 cm³/mol. The summed E-state index contributed by atoms with van der Waals surface area (Å²) in [6.45, 7) is 1.72. The summed E-state index contributed by atoms with van der Waals surface area (Å²) < 4.78 is 36.5. The molecule has 0 radical (unpaired) electrons. The molecular formula is C20H21FN2O4S2. The third kappa shape index (κ3) is 5.80. The number of sulfone groups is 1. The molecule has 0 saturated carbocycles. The van der Waals surface area contributed by atoms with Gasteiger partial charge in [-0.2, -0.15) is 0 Å². The Kier molecular flexibility index (Phi) is 6.28. The number of thioether (sulfide) groups is 1. The number of hydrogen-bond acceptors (Lipinski definition) is 5. The summed E-state index contributed by atoms with van der Waals surface area (Å²) in [5, 5.41) is 5.50. The minimum Gasteiger partial charge on any atom is -0.346 e. The first-order chi connectivity index (χ1) is 13.7. The first kappa shape index (κ1) is 21.3. The van der Waals surface area contributed by atoms with E-state index in [0.717, 1.165) is 0 Å². The van der Waals surface area contributed by atoms with Gasteiger partial charge in [-0.15, -0.1) is 11.8 Å². The van der Waals surface area contributed by atoms with Gasteiger partial charge in [-0.1, -0.05) is 12.1 Å². The minimum atomic E-state index is -3.14. The Balaban J connectivity index is 1.63. The number of nitrogens with one attached hydrogen (secondary N) is 2. The highest BCUT2D eigenvalue weighted by atomic mass is 32.2. The van der Waals surface area contributed by atoms with Crippen LogP contribution in [0.5, 0.6) is 0 Å². The van der Waals surface area contributed by atoms with Crippen LogP contribution in [-0.4, -0.2) is 43.0 Å². The van der Waals surface area contributed by atoms with Crippen molar-refractivity contribution in [2.45, 2.75) is 23.8 Å². The van der Waals surface area contributed by atoms with E-state index in [1.807, 2.05) is 0 Å². The summed E-state index contributed by atoms with van der Waals surface area (Å²) in [7, 11) is -3.14. The number of rotatable bonds is 6. The Hall–Kier alpha value is -2.39. The van der Waals surface area contributed by atoms with E-state index in [2.05, 4.69) is 10.6 Å². The third-order valence-electron chi connectivity index (χ3n) is 4.54. The van der Waals surface area contributed by atoms with Crippen LogP contribution < -0.4 is 10.6 Å². The molecule has 0 unspecified atom stereocenters. The number of halogens is 1.